The first-order chi connectivity index (χ1) is 9.39. The summed E-state index contributed by atoms with van der Waals surface area (Å²) in [5.41, 5.74) is 1.20. The SMILES string of the molecule is Cc1nn(CCCO)c(C)c1S(=O)(=O)N1CCCC1C. The molecule has 1 saturated heterocycles. The second-order valence-corrected chi connectivity index (χ2v) is 7.23. The molecule has 1 unspecified atom stereocenters. The molecular weight excluding hydrogens is 278 g/mol. The Hall–Kier alpha value is -0.920. The number of aliphatic hydroxyl groups excluding tert-OH is 1. The van der Waals surface area contributed by atoms with Gasteiger partial charge in [-0.05, 0) is 40.0 Å². The van der Waals surface area contributed by atoms with Crippen LogP contribution in [-0.2, 0) is 16.6 Å². The highest BCUT2D eigenvalue weighted by molar-refractivity contribution is 7.89. The van der Waals surface area contributed by atoms with Gasteiger partial charge in [-0.1, -0.05) is 0 Å². The molecule has 0 radical (unpaired) electrons. The topological polar surface area (TPSA) is 75.4 Å². The van der Waals surface area contributed by atoms with Crippen LogP contribution >= 0.6 is 0 Å². The number of sulfonamides is 1. The molecule has 1 atom stereocenters. The summed E-state index contributed by atoms with van der Waals surface area (Å²) in [4.78, 5) is 0.337. The number of aliphatic hydroxyl groups is 1. The first kappa shape index (κ1) is 15.5. The van der Waals surface area contributed by atoms with Gasteiger partial charge < -0.3 is 5.11 Å². The molecule has 2 heterocycles. The Labute approximate surface area is 120 Å². The third-order valence-corrected chi connectivity index (χ3v) is 6.17. The van der Waals surface area contributed by atoms with E-state index in [4.69, 9.17) is 5.11 Å². The average molecular weight is 301 g/mol. The van der Waals surface area contributed by atoms with Gasteiger partial charge in [-0.15, -0.1) is 0 Å². The zero-order valence-corrected chi connectivity index (χ0v) is 13.2. The van der Waals surface area contributed by atoms with E-state index >= 15 is 0 Å². The fraction of sp³-hybridized carbons (Fsp3) is 0.769. The lowest BCUT2D eigenvalue weighted by atomic mass is 10.3. The van der Waals surface area contributed by atoms with Gasteiger partial charge in [-0.25, -0.2) is 8.42 Å². The van der Waals surface area contributed by atoms with Crippen LogP contribution in [0.2, 0.25) is 0 Å². The molecule has 1 aromatic heterocycles. The van der Waals surface area contributed by atoms with E-state index in [1.807, 2.05) is 6.92 Å². The minimum absolute atomic E-state index is 0.0552. The molecule has 7 heteroatoms. The second-order valence-electron chi connectivity index (χ2n) is 5.41. The van der Waals surface area contributed by atoms with E-state index in [9.17, 15) is 8.42 Å². The summed E-state index contributed by atoms with van der Waals surface area (Å²) in [7, 11) is -3.47. The summed E-state index contributed by atoms with van der Waals surface area (Å²) in [6, 6.07) is 0.0552. The Balaban J connectivity index is 2.39. The third kappa shape index (κ3) is 2.62. The maximum Gasteiger partial charge on any atom is 0.246 e. The monoisotopic (exact) mass is 301 g/mol. The predicted octanol–water partition coefficient (Wildman–Crippen LogP) is 1.06. The van der Waals surface area contributed by atoms with Crippen LogP contribution < -0.4 is 0 Å². The normalized spacial score (nSPS) is 20.7. The van der Waals surface area contributed by atoms with Crippen molar-refractivity contribution in [3.8, 4) is 0 Å². The predicted molar refractivity (Wildman–Crippen MR) is 76.0 cm³/mol. The summed E-state index contributed by atoms with van der Waals surface area (Å²) in [6.07, 6.45) is 2.40. The summed E-state index contributed by atoms with van der Waals surface area (Å²) in [6.45, 7) is 6.66. The molecular formula is C13H23N3O3S. The molecule has 0 aromatic carbocycles. The average Bonchev–Trinajstić information content (AvgIpc) is 2.91. The van der Waals surface area contributed by atoms with Crippen molar-refractivity contribution in [2.24, 2.45) is 0 Å². The van der Waals surface area contributed by atoms with Gasteiger partial charge in [0.1, 0.15) is 4.90 Å². The van der Waals surface area contributed by atoms with Crippen LogP contribution in [0.3, 0.4) is 0 Å². The van der Waals surface area contributed by atoms with Crippen LogP contribution in [0, 0.1) is 13.8 Å². The molecule has 2 rings (SSSR count). The molecule has 0 bridgehead atoms. The maximum absolute atomic E-state index is 12.8. The van der Waals surface area contributed by atoms with Crippen molar-refractivity contribution in [1.29, 1.82) is 0 Å². The van der Waals surface area contributed by atoms with Crippen LogP contribution in [0.15, 0.2) is 4.90 Å². The molecule has 1 fully saturated rings. The molecule has 0 saturated carbocycles. The van der Waals surface area contributed by atoms with E-state index in [1.54, 1.807) is 22.8 Å². The Kier molecular flexibility index (Phi) is 4.51. The first-order valence-electron chi connectivity index (χ1n) is 7.06. The smallest absolute Gasteiger partial charge is 0.246 e. The summed E-state index contributed by atoms with van der Waals surface area (Å²) in [5, 5.41) is 13.2. The fourth-order valence-corrected chi connectivity index (χ4v) is 4.95. The molecule has 1 aromatic rings. The Morgan fingerprint density at radius 1 is 1.40 bits per heavy atom. The summed E-state index contributed by atoms with van der Waals surface area (Å²) >= 11 is 0. The van der Waals surface area contributed by atoms with E-state index in [1.165, 1.54) is 0 Å². The number of aromatic nitrogens is 2. The summed E-state index contributed by atoms with van der Waals surface area (Å²) in [5.74, 6) is 0. The zero-order chi connectivity index (χ0) is 14.9. The molecule has 0 amide bonds. The van der Waals surface area contributed by atoms with E-state index in [0.29, 0.717) is 35.8 Å². The highest BCUT2D eigenvalue weighted by atomic mass is 32.2. The molecule has 6 nitrogen and oxygen atoms in total. The first-order valence-corrected chi connectivity index (χ1v) is 8.50. The second kappa shape index (κ2) is 5.83. The van der Waals surface area contributed by atoms with E-state index in [-0.39, 0.29) is 12.6 Å². The molecule has 1 aliphatic heterocycles. The number of aryl methyl sites for hydroxylation is 2. The highest BCUT2D eigenvalue weighted by Crippen LogP contribution is 2.29. The fourth-order valence-electron chi connectivity index (χ4n) is 2.87. The number of hydrogen-bond acceptors (Lipinski definition) is 4. The van der Waals surface area contributed by atoms with Crippen molar-refractivity contribution in [3.63, 3.8) is 0 Å². The van der Waals surface area contributed by atoms with E-state index in [0.717, 1.165) is 12.8 Å². The molecule has 114 valence electrons. The van der Waals surface area contributed by atoms with Gasteiger partial charge in [0.15, 0.2) is 0 Å². The number of rotatable bonds is 5. The maximum atomic E-state index is 12.8. The zero-order valence-electron chi connectivity index (χ0n) is 12.3. The van der Waals surface area contributed by atoms with Gasteiger partial charge in [0.2, 0.25) is 10.0 Å². The van der Waals surface area contributed by atoms with Gasteiger partial charge in [-0.2, -0.15) is 9.40 Å². The van der Waals surface area contributed by atoms with Crippen LogP contribution in [0.4, 0.5) is 0 Å². The number of hydrogen-bond donors (Lipinski definition) is 1. The lowest BCUT2D eigenvalue weighted by Gasteiger charge is -2.21. The Bertz CT molecular complexity index is 580. The van der Waals surface area contributed by atoms with Crippen molar-refractivity contribution >= 4 is 10.0 Å². The van der Waals surface area contributed by atoms with E-state index < -0.39 is 10.0 Å². The van der Waals surface area contributed by atoms with Gasteiger partial charge in [0.25, 0.3) is 0 Å². The lowest BCUT2D eigenvalue weighted by molar-refractivity contribution is 0.276. The van der Waals surface area contributed by atoms with E-state index in [2.05, 4.69) is 5.10 Å². The minimum Gasteiger partial charge on any atom is -0.396 e. The van der Waals surface area contributed by atoms with Gasteiger partial charge in [-0.3, -0.25) is 4.68 Å². The van der Waals surface area contributed by atoms with Gasteiger partial charge in [0.05, 0.1) is 11.4 Å². The number of nitrogens with zero attached hydrogens (tertiary/aromatic N) is 3. The minimum atomic E-state index is -3.47. The van der Waals surface area contributed by atoms with Crippen molar-refractivity contribution < 1.29 is 13.5 Å². The van der Waals surface area contributed by atoms with Gasteiger partial charge in [0, 0.05) is 25.7 Å². The Morgan fingerprint density at radius 3 is 2.65 bits per heavy atom. The Morgan fingerprint density at radius 2 is 2.10 bits per heavy atom. The lowest BCUT2D eigenvalue weighted by Crippen LogP contribution is -2.34. The van der Waals surface area contributed by atoms with Crippen LogP contribution in [0.1, 0.15) is 37.6 Å². The van der Waals surface area contributed by atoms with Crippen molar-refractivity contribution in [2.75, 3.05) is 13.2 Å². The summed E-state index contributed by atoms with van der Waals surface area (Å²) < 4.78 is 28.9. The molecule has 1 N–H and O–H groups in total. The van der Waals surface area contributed by atoms with Crippen LogP contribution in [-0.4, -0.2) is 46.8 Å². The third-order valence-electron chi connectivity index (χ3n) is 3.90. The molecule has 0 aliphatic carbocycles. The largest absolute Gasteiger partial charge is 0.396 e. The molecule has 1 aliphatic rings. The van der Waals surface area contributed by atoms with Crippen molar-refractivity contribution in [2.45, 2.75) is 57.5 Å². The van der Waals surface area contributed by atoms with Crippen molar-refractivity contribution in [1.82, 2.24) is 14.1 Å². The van der Waals surface area contributed by atoms with Crippen molar-refractivity contribution in [3.05, 3.63) is 11.4 Å². The van der Waals surface area contributed by atoms with Crippen LogP contribution in [0.25, 0.3) is 0 Å². The quantitative estimate of drug-likeness (QED) is 0.882. The molecule has 0 spiro atoms. The standard InChI is InChI=1S/C13H23N3O3S/c1-10-6-4-8-16(10)20(18,19)13-11(2)14-15(12(13)3)7-5-9-17/h10,17H,4-9H2,1-3H3. The van der Waals surface area contributed by atoms with Gasteiger partial charge >= 0.3 is 0 Å². The van der Waals surface area contributed by atoms with Crippen LogP contribution in [0.5, 0.6) is 0 Å². The highest BCUT2D eigenvalue weighted by Gasteiger charge is 2.36. The molecule has 20 heavy (non-hydrogen) atoms.